The molecule has 21 heavy (non-hydrogen) atoms. The normalized spacial score (nSPS) is 11.1. The van der Waals surface area contributed by atoms with E-state index >= 15 is 0 Å². The topological polar surface area (TPSA) is 72.7 Å². The Balaban J connectivity index is 2.17. The number of aromatic nitrogens is 4. The molecule has 6 nitrogen and oxygen atoms in total. The van der Waals surface area contributed by atoms with E-state index in [1.165, 1.54) is 11.3 Å². The molecule has 2 rings (SSSR count). The summed E-state index contributed by atoms with van der Waals surface area (Å²) in [5.41, 5.74) is 2.17. The SMILES string of the molecule is CCC(CC)c1nnc(NC(=O)c2c(C)nn(C)c2C)s1. The molecule has 7 heteroatoms. The van der Waals surface area contributed by atoms with Gasteiger partial charge in [-0.15, -0.1) is 10.2 Å². The second-order valence-electron chi connectivity index (χ2n) is 5.08. The van der Waals surface area contributed by atoms with Gasteiger partial charge < -0.3 is 0 Å². The highest BCUT2D eigenvalue weighted by atomic mass is 32.1. The van der Waals surface area contributed by atoms with Crippen LogP contribution in [0.15, 0.2) is 0 Å². The van der Waals surface area contributed by atoms with Crippen LogP contribution in [0.4, 0.5) is 5.13 Å². The Kier molecular flexibility index (Phi) is 4.72. The van der Waals surface area contributed by atoms with E-state index in [1.54, 1.807) is 4.68 Å². The fourth-order valence-electron chi connectivity index (χ4n) is 2.35. The van der Waals surface area contributed by atoms with Gasteiger partial charge in [-0.2, -0.15) is 5.10 Å². The molecule has 0 fully saturated rings. The fourth-order valence-corrected chi connectivity index (χ4v) is 3.35. The third kappa shape index (κ3) is 3.12. The van der Waals surface area contributed by atoms with E-state index in [-0.39, 0.29) is 5.91 Å². The van der Waals surface area contributed by atoms with E-state index in [4.69, 9.17) is 0 Å². The van der Waals surface area contributed by atoms with Crippen LogP contribution in [0.5, 0.6) is 0 Å². The summed E-state index contributed by atoms with van der Waals surface area (Å²) in [6.45, 7) is 7.98. The first-order valence-electron chi connectivity index (χ1n) is 7.12. The maximum Gasteiger partial charge on any atom is 0.261 e. The van der Waals surface area contributed by atoms with Gasteiger partial charge in [0.25, 0.3) is 5.91 Å². The number of aryl methyl sites for hydroxylation is 2. The Morgan fingerprint density at radius 1 is 1.29 bits per heavy atom. The van der Waals surface area contributed by atoms with E-state index in [9.17, 15) is 4.79 Å². The van der Waals surface area contributed by atoms with Crippen molar-refractivity contribution in [1.82, 2.24) is 20.0 Å². The van der Waals surface area contributed by atoms with Crippen molar-refractivity contribution in [2.75, 3.05) is 5.32 Å². The lowest BCUT2D eigenvalue weighted by atomic mass is 10.1. The summed E-state index contributed by atoms with van der Waals surface area (Å²) in [4.78, 5) is 12.4. The minimum atomic E-state index is -0.176. The molecule has 2 aromatic heterocycles. The van der Waals surface area contributed by atoms with Gasteiger partial charge in [0.15, 0.2) is 0 Å². The Bertz CT molecular complexity index is 642. The summed E-state index contributed by atoms with van der Waals surface area (Å²) in [5, 5.41) is 16.9. The van der Waals surface area contributed by atoms with Crippen molar-refractivity contribution in [3.05, 3.63) is 22.0 Å². The third-order valence-electron chi connectivity index (χ3n) is 3.73. The molecule has 0 saturated heterocycles. The minimum absolute atomic E-state index is 0.176. The lowest BCUT2D eigenvalue weighted by Crippen LogP contribution is -2.13. The smallest absolute Gasteiger partial charge is 0.261 e. The number of nitrogens with one attached hydrogen (secondary N) is 1. The van der Waals surface area contributed by atoms with Crippen LogP contribution in [0, 0.1) is 13.8 Å². The lowest BCUT2D eigenvalue weighted by molar-refractivity contribution is 0.102. The fraction of sp³-hybridized carbons (Fsp3) is 0.571. The lowest BCUT2D eigenvalue weighted by Gasteiger charge is -2.05. The molecule has 0 aliphatic rings. The zero-order chi connectivity index (χ0) is 15.6. The van der Waals surface area contributed by atoms with E-state index in [1.807, 2.05) is 20.9 Å². The average molecular weight is 307 g/mol. The van der Waals surface area contributed by atoms with Gasteiger partial charge in [-0.25, -0.2) is 0 Å². The van der Waals surface area contributed by atoms with E-state index in [0.29, 0.717) is 16.6 Å². The molecule has 1 amide bonds. The molecule has 114 valence electrons. The second-order valence-corrected chi connectivity index (χ2v) is 6.09. The van der Waals surface area contributed by atoms with Gasteiger partial charge in [-0.3, -0.25) is 14.8 Å². The van der Waals surface area contributed by atoms with Gasteiger partial charge in [-0.1, -0.05) is 25.2 Å². The van der Waals surface area contributed by atoms with Gasteiger partial charge in [0.2, 0.25) is 5.13 Å². The van der Waals surface area contributed by atoms with Gasteiger partial charge in [0, 0.05) is 18.7 Å². The van der Waals surface area contributed by atoms with E-state index < -0.39 is 0 Å². The van der Waals surface area contributed by atoms with Crippen molar-refractivity contribution in [2.24, 2.45) is 7.05 Å². The van der Waals surface area contributed by atoms with E-state index in [0.717, 1.165) is 29.2 Å². The molecule has 2 aromatic rings. The maximum atomic E-state index is 12.4. The number of carbonyl (C=O) groups excluding carboxylic acids is 1. The summed E-state index contributed by atoms with van der Waals surface area (Å²) in [5.74, 6) is 0.236. The molecule has 0 bridgehead atoms. The molecule has 0 aliphatic carbocycles. The summed E-state index contributed by atoms with van der Waals surface area (Å²) in [6, 6.07) is 0. The number of hydrogen-bond acceptors (Lipinski definition) is 5. The van der Waals surface area contributed by atoms with Gasteiger partial charge in [-0.05, 0) is 26.7 Å². The quantitative estimate of drug-likeness (QED) is 0.921. The summed E-state index contributed by atoms with van der Waals surface area (Å²) in [6.07, 6.45) is 2.06. The Labute approximate surface area is 128 Å². The van der Waals surface area contributed by atoms with Crippen molar-refractivity contribution in [3.8, 4) is 0 Å². The molecule has 0 aliphatic heterocycles. The predicted molar refractivity (Wildman–Crippen MR) is 83.9 cm³/mol. The zero-order valence-electron chi connectivity index (χ0n) is 13.1. The highest BCUT2D eigenvalue weighted by Crippen LogP contribution is 2.28. The molecule has 0 aromatic carbocycles. The van der Waals surface area contributed by atoms with Gasteiger partial charge >= 0.3 is 0 Å². The Hall–Kier alpha value is -1.76. The predicted octanol–water partition coefficient (Wildman–Crippen LogP) is 3.04. The molecule has 0 saturated carbocycles. The Morgan fingerprint density at radius 2 is 1.95 bits per heavy atom. The van der Waals surface area contributed by atoms with Crippen molar-refractivity contribution in [1.29, 1.82) is 0 Å². The van der Waals surface area contributed by atoms with Crippen LogP contribution in [0.25, 0.3) is 0 Å². The zero-order valence-corrected chi connectivity index (χ0v) is 13.9. The van der Waals surface area contributed by atoms with Gasteiger partial charge in [0.05, 0.1) is 11.3 Å². The molecule has 0 spiro atoms. The van der Waals surface area contributed by atoms with Crippen LogP contribution in [0.1, 0.15) is 59.4 Å². The highest BCUT2D eigenvalue weighted by Gasteiger charge is 2.20. The number of carbonyl (C=O) groups is 1. The van der Waals surface area contributed by atoms with Crippen LogP contribution >= 0.6 is 11.3 Å². The van der Waals surface area contributed by atoms with E-state index in [2.05, 4.69) is 34.5 Å². The number of hydrogen-bond donors (Lipinski definition) is 1. The van der Waals surface area contributed by atoms with Gasteiger partial charge in [0.1, 0.15) is 5.01 Å². The monoisotopic (exact) mass is 307 g/mol. The number of rotatable bonds is 5. The van der Waals surface area contributed by atoms with Crippen molar-refractivity contribution in [3.63, 3.8) is 0 Å². The standard InChI is InChI=1S/C14H21N5OS/c1-6-10(7-2)13-16-17-14(21-13)15-12(20)11-8(3)18-19(5)9(11)4/h10H,6-7H2,1-5H3,(H,15,17,20). The number of anilines is 1. The molecule has 0 radical (unpaired) electrons. The number of nitrogens with zero attached hydrogens (tertiary/aromatic N) is 4. The minimum Gasteiger partial charge on any atom is -0.296 e. The van der Waals surface area contributed by atoms with Crippen LogP contribution in [0.2, 0.25) is 0 Å². The summed E-state index contributed by atoms with van der Waals surface area (Å²) in [7, 11) is 1.83. The molecule has 0 unspecified atom stereocenters. The molecule has 2 heterocycles. The average Bonchev–Trinajstić information content (AvgIpc) is 2.97. The van der Waals surface area contributed by atoms with Crippen molar-refractivity contribution < 1.29 is 4.79 Å². The highest BCUT2D eigenvalue weighted by molar-refractivity contribution is 7.15. The molecular formula is C14H21N5OS. The van der Waals surface area contributed by atoms with Crippen LogP contribution in [-0.4, -0.2) is 25.9 Å². The summed E-state index contributed by atoms with van der Waals surface area (Å²) < 4.78 is 1.71. The number of amides is 1. The largest absolute Gasteiger partial charge is 0.296 e. The van der Waals surface area contributed by atoms with Crippen LogP contribution < -0.4 is 5.32 Å². The molecule has 0 atom stereocenters. The second kappa shape index (κ2) is 6.34. The maximum absolute atomic E-state index is 12.4. The van der Waals surface area contributed by atoms with Crippen molar-refractivity contribution >= 4 is 22.4 Å². The molecule has 1 N–H and O–H groups in total. The Morgan fingerprint density at radius 3 is 2.48 bits per heavy atom. The third-order valence-corrected chi connectivity index (χ3v) is 4.73. The first-order chi connectivity index (χ1) is 9.97. The summed E-state index contributed by atoms with van der Waals surface area (Å²) >= 11 is 1.45. The van der Waals surface area contributed by atoms with Crippen LogP contribution in [0.3, 0.4) is 0 Å². The first kappa shape index (κ1) is 15.6. The first-order valence-corrected chi connectivity index (χ1v) is 7.94. The molecular weight excluding hydrogens is 286 g/mol. The van der Waals surface area contributed by atoms with Crippen molar-refractivity contribution in [2.45, 2.75) is 46.5 Å². The van der Waals surface area contributed by atoms with Crippen LogP contribution in [-0.2, 0) is 7.05 Å².